The first kappa shape index (κ1) is 19.3. The Morgan fingerprint density at radius 1 is 1.22 bits per heavy atom. The van der Waals surface area contributed by atoms with Crippen molar-refractivity contribution in [3.63, 3.8) is 0 Å². The molecule has 1 aromatic carbocycles. The number of amides is 1. The van der Waals surface area contributed by atoms with Crippen molar-refractivity contribution in [2.45, 2.75) is 25.0 Å². The summed E-state index contributed by atoms with van der Waals surface area (Å²) in [5.41, 5.74) is 1.40. The summed E-state index contributed by atoms with van der Waals surface area (Å²) in [6.45, 7) is 2.52. The molecule has 0 radical (unpaired) electrons. The van der Waals surface area contributed by atoms with Crippen molar-refractivity contribution in [2.24, 2.45) is 7.05 Å². The second kappa shape index (κ2) is 7.29. The van der Waals surface area contributed by atoms with Crippen molar-refractivity contribution in [3.8, 4) is 0 Å². The van der Waals surface area contributed by atoms with Crippen LogP contribution in [0.4, 0.5) is 0 Å². The van der Waals surface area contributed by atoms with Gasteiger partial charge >= 0.3 is 0 Å². The molecule has 27 heavy (non-hydrogen) atoms. The Hall–Kier alpha value is -2.44. The van der Waals surface area contributed by atoms with Gasteiger partial charge in [0.05, 0.1) is 11.6 Å². The monoisotopic (exact) mass is 369 g/mol. The zero-order chi connectivity index (χ0) is 19.8. The number of nitrogens with zero attached hydrogens (tertiary/aromatic N) is 3. The molecule has 1 aromatic heterocycles. The smallest absolute Gasteiger partial charge is 0.270 e. The number of aryl methyl sites for hydroxylation is 1. The third-order valence-electron chi connectivity index (χ3n) is 5.81. The molecular weight excluding hydrogens is 342 g/mol. The zero-order valence-corrected chi connectivity index (χ0v) is 16.3. The van der Waals surface area contributed by atoms with Gasteiger partial charge in [-0.3, -0.25) is 14.5 Å². The van der Waals surface area contributed by atoms with Gasteiger partial charge in [0.2, 0.25) is 0 Å². The lowest BCUT2D eigenvalue weighted by molar-refractivity contribution is -0.0613. The Morgan fingerprint density at radius 3 is 2.48 bits per heavy atom. The minimum absolute atomic E-state index is 0.182. The van der Waals surface area contributed by atoms with Gasteiger partial charge in [0, 0.05) is 38.0 Å². The van der Waals surface area contributed by atoms with E-state index < -0.39 is 11.6 Å². The highest BCUT2D eigenvalue weighted by Gasteiger charge is 2.46. The molecule has 1 amide bonds. The molecule has 2 atom stereocenters. The van der Waals surface area contributed by atoms with Crippen molar-refractivity contribution in [1.29, 1.82) is 0 Å². The van der Waals surface area contributed by atoms with E-state index in [1.165, 1.54) is 12.1 Å². The number of aromatic nitrogens is 1. The lowest BCUT2D eigenvalue weighted by Gasteiger charge is -2.49. The molecule has 6 nitrogen and oxygen atoms in total. The van der Waals surface area contributed by atoms with Crippen molar-refractivity contribution in [2.75, 3.05) is 27.2 Å². The average Bonchev–Trinajstić information content (AvgIpc) is 2.64. The van der Waals surface area contributed by atoms with Crippen molar-refractivity contribution in [3.05, 3.63) is 69.6 Å². The summed E-state index contributed by atoms with van der Waals surface area (Å²) < 4.78 is 1.72. The van der Waals surface area contributed by atoms with Gasteiger partial charge in [-0.05, 0) is 33.0 Å². The number of aliphatic hydroxyl groups excluding tert-OH is 1. The molecule has 1 aliphatic rings. The van der Waals surface area contributed by atoms with Gasteiger partial charge in [0.25, 0.3) is 5.91 Å². The van der Waals surface area contributed by atoms with Crippen molar-refractivity contribution < 1.29 is 9.90 Å². The maximum Gasteiger partial charge on any atom is 0.270 e. The molecule has 2 heterocycles. The van der Waals surface area contributed by atoms with Gasteiger partial charge in [-0.15, -0.1) is 0 Å². The molecule has 0 bridgehead atoms. The van der Waals surface area contributed by atoms with Crippen molar-refractivity contribution >= 4 is 5.91 Å². The minimum atomic E-state index is -0.741. The predicted molar refractivity (Wildman–Crippen MR) is 105 cm³/mol. The highest BCUT2D eigenvalue weighted by Crippen LogP contribution is 2.37. The van der Waals surface area contributed by atoms with Crippen LogP contribution in [-0.4, -0.2) is 58.7 Å². The fraction of sp³-hybridized carbons (Fsp3) is 0.429. The Bertz CT molecular complexity index is 891. The van der Waals surface area contributed by atoms with Crippen LogP contribution < -0.4 is 5.43 Å². The molecule has 0 spiro atoms. The number of rotatable bonds is 3. The Kier molecular flexibility index (Phi) is 5.22. The predicted octanol–water partition coefficient (Wildman–Crippen LogP) is 1.36. The molecule has 0 saturated carbocycles. The number of pyridine rings is 1. The molecule has 0 unspecified atom stereocenters. The molecule has 6 heteroatoms. The third-order valence-corrected chi connectivity index (χ3v) is 5.81. The number of β-amino-alcohol motifs (C(OH)–C–C–N with tert-alkyl or cyclic N) is 1. The molecule has 1 aliphatic heterocycles. The number of carbonyl (C=O) groups is 1. The second-order valence-corrected chi connectivity index (χ2v) is 7.48. The van der Waals surface area contributed by atoms with Crippen LogP contribution in [0.15, 0.2) is 47.3 Å². The lowest BCUT2D eigenvalue weighted by Crippen LogP contribution is -2.61. The summed E-state index contributed by atoms with van der Waals surface area (Å²) in [5.74, 6) is -0.224. The van der Waals surface area contributed by atoms with Crippen molar-refractivity contribution in [1.82, 2.24) is 14.4 Å². The summed E-state index contributed by atoms with van der Waals surface area (Å²) in [6, 6.07) is 12.8. The highest BCUT2D eigenvalue weighted by molar-refractivity contribution is 5.92. The quantitative estimate of drug-likeness (QED) is 0.887. The lowest BCUT2D eigenvalue weighted by atomic mass is 9.77. The topological polar surface area (TPSA) is 65.8 Å². The van der Waals surface area contributed by atoms with E-state index in [9.17, 15) is 14.7 Å². The van der Waals surface area contributed by atoms with E-state index >= 15 is 0 Å². The molecule has 1 saturated heterocycles. The summed E-state index contributed by atoms with van der Waals surface area (Å²) in [7, 11) is 5.69. The number of piperidine rings is 1. The number of carbonyl (C=O) groups excluding carboxylic acids is 1. The minimum Gasteiger partial charge on any atom is -0.389 e. The molecule has 144 valence electrons. The van der Waals surface area contributed by atoms with E-state index in [0.29, 0.717) is 18.7 Å². The number of benzene rings is 1. The number of hydrogen-bond donors (Lipinski definition) is 1. The van der Waals surface area contributed by atoms with E-state index in [0.717, 1.165) is 11.3 Å². The summed E-state index contributed by atoms with van der Waals surface area (Å²) in [6.07, 6.45) is -0.133. The normalized spacial score (nSPS) is 22.9. The standard InChI is InChI=1S/C21H27N3O3/c1-15-12-17(25)13-18(23(15)4)20(27)24-11-10-21(22(2)3,19(26)14-24)16-8-6-5-7-9-16/h5-9,12-13,19,26H,10-11,14H2,1-4H3/t19-,21+/m1/s1. The fourth-order valence-electron chi connectivity index (χ4n) is 4.08. The molecule has 0 aliphatic carbocycles. The summed E-state index contributed by atoms with van der Waals surface area (Å²) >= 11 is 0. The third kappa shape index (κ3) is 3.31. The van der Waals surface area contributed by atoms with E-state index in [-0.39, 0.29) is 17.9 Å². The van der Waals surface area contributed by atoms with Crippen LogP contribution in [0.25, 0.3) is 0 Å². The number of aliphatic hydroxyl groups is 1. The fourth-order valence-corrected chi connectivity index (χ4v) is 4.08. The van der Waals surface area contributed by atoms with Gasteiger partial charge < -0.3 is 14.6 Å². The maximum atomic E-state index is 13.0. The molecule has 1 N–H and O–H groups in total. The van der Waals surface area contributed by atoms with Gasteiger partial charge in [0.1, 0.15) is 5.69 Å². The van der Waals surface area contributed by atoms with Crippen LogP contribution in [0.5, 0.6) is 0 Å². The van der Waals surface area contributed by atoms with Crippen LogP contribution in [0.3, 0.4) is 0 Å². The Balaban J connectivity index is 1.90. The van der Waals surface area contributed by atoms with Gasteiger partial charge in [-0.25, -0.2) is 0 Å². The number of likely N-dealkylation sites (N-methyl/N-ethyl adjacent to an activating group) is 1. The van der Waals surface area contributed by atoms with E-state index in [1.54, 1.807) is 23.4 Å². The Labute approximate surface area is 159 Å². The molecular formula is C21H27N3O3. The first-order valence-corrected chi connectivity index (χ1v) is 9.15. The second-order valence-electron chi connectivity index (χ2n) is 7.48. The zero-order valence-electron chi connectivity index (χ0n) is 16.3. The highest BCUT2D eigenvalue weighted by atomic mass is 16.3. The van der Waals surface area contributed by atoms with Gasteiger partial charge in [-0.2, -0.15) is 0 Å². The summed E-state index contributed by atoms with van der Waals surface area (Å²) in [4.78, 5) is 28.6. The van der Waals surface area contributed by atoms with Gasteiger partial charge in [-0.1, -0.05) is 30.3 Å². The summed E-state index contributed by atoms with van der Waals surface area (Å²) in [5, 5.41) is 11.1. The largest absolute Gasteiger partial charge is 0.389 e. The SMILES string of the molecule is Cc1cc(=O)cc(C(=O)N2CC[C@@](c3ccccc3)(N(C)C)[C@H](O)C2)n1C. The van der Waals surface area contributed by atoms with Crippen LogP contribution in [0.1, 0.15) is 28.2 Å². The Morgan fingerprint density at radius 2 is 1.89 bits per heavy atom. The number of likely N-dealkylation sites (tertiary alicyclic amines) is 1. The van der Waals surface area contributed by atoms with Crippen LogP contribution in [-0.2, 0) is 12.6 Å². The first-order valence-electron chi connectivity index (χ1n) is 9.15. The molecule has 2 aromatic rings. The van der Waals surface area contributed by atoms with Gasteiger partial charge in [0.15, 0.2) is 5.43 Å². The average molecular weight is 369 g/mol. The molecule has 1 fully saturated rings. The maximum absolute atomic E-state index is 13.0. The van der Waals surface area contributed by atoms with E-state index in [4.69, 9.17) is 0 Å². The van der Waals surface area contributed by atoms with E-state index in [2.05, 4.69) is 0 Å². The number of hydrogen-bond acceptors (Lipinski definition) is 4. The first-order chi connectivity index (χ1) is 12.8. The van der Waals surface area contributed by atoms with E-state index in [1.807, 2.05) is 49.3 Å². The van der Waals surface area contributed by atoms with Crippen LogP contribution in [0, 0.1) is 6.92 Å². The van der Waals surface area contributed by atoms with Crippen LogP contribution >= 0.6 is 0 Å². The van der Waals surface area contributed by atoms with Crippen LogP contribution in [0.2, 0.25) is 0 Å². The molecule has 3 rings (SSSR count).